The van der Waals surface area contributed by atoms with Crippen molar-refractivity contribution in [2.75, 3.05) is 45.7 Å². The standard InChI is InChI=1S/C16H21ClN6O3S/c1-11-15(17)19-16(21-20-11)18-13-5-4-12(10-14(13)26-3)27(24,25)23-8-6-22(2)7-9-23/h4-5,10H,6-9H2,1-3H3,(H,18,19,21). The highest BCUT2D eigenvalue weighted by Gasteiger charge is 2.28. The minimum Gasteiger partial charge on any atom is -0.495 e. The van der Waals surface area contributed by atoms with E-state index in [1.54, 1.807) is 13.0 Å². The van der Waals surface area contributed by atoms with Crippen molar-refractivity contribution in [1.82, 2.24) is 24.4 Å². The Labute approximate surface area is 163 Å². The third kappa shape index (κ3) is 4.29. The van der Waals surface area contributed by atoms with E-state index in [1.165, 1.54) is 23.5 Å². The van der Waals surface area contributed by atoms with Crippen LogP contribution in [0.3, 0.4) is 0 Å². The Morgan fingerprint density at radius 2 is 1.89 bits per heavy atom. The lowest BCUT2D eigenvalue weighted by atomic mass is 10.3. The van der Waals surface area contributed by atoms with E-state index in [4.69, 9.17) is 16.3 Å². The molecular formula is C16H21ClN6O3S. The maximum Gasteiger partial charge on any atom is 0.248 e. The molecule has 0 saturated carbocycles. The number of halogens is 1. The molecule has 0 aliphatic carbocycles. The van der Waals surface area contributed by atoms with Crippen molar-refractivity contribution in [1.29, 1.82) is 0 Å². The molecule has 0 spiro atoms. The number of nitrogens with zero attached hydrogens (tertiary/aromatic N) is 5. The Kier molecular flexibility index (Phi) is 5.80. The van der Waals surface area contributed by atoms with Gasteiger partial charge in [0.05, 0.1) is 23.4 Å². The summed E-state index contributed by atoms with van der Waals surface area (Å²) in [6.07, 6.45) is 0. The van der Waals surface area contributed by atoms with Gasteiger partial charge in [0.25, 0.3) is 0 Å². The van der Waals surface area contributed by atoms with Gasteiger partial charge >= 0.3 is 0 Å². The van der Waals surface area contributed by atoms with E-state index in [2.05, 4.69) is 25.4 Å². The summed E-state index contributed by atoms with van der Waals surface area (Å²) >= 11 is 5.96. The summed E-state index contributed by atoms with van der Waals surface area (Å²) in [7, 11) is -0.146. The highest BCUT2D eigenvalue weighted by Crippen LogP contribution is 2.31. The number of hydrogen-bond donors (Lipinski definition) is 1. The number of nitrogens with one attached hydrogen (secondary N) is 1. The summed E-state index contributed by atoms with van der Waals surface area (Å²) in [6, 6.07) is 4.62. The van der Waals surface area contributed by atoms with E-state index in [0.717, 1.165) is 0 Å². The van der Waals surface area contributed by atoms with Crippen molar-refractivity contribution in [2.45, 2.75) is 11.8 Å². The molecule has 1 fully saturated rings. The van der Waals surface area contributed by atoms with Crippen LogP contribution in [-0.2, 0) is 10.0 Å². The second-order valence-electron chi connectivity index (χ2n) is 6.21. The Bertz CT molecular complexity index is 932. The number of benzene rings is 1. The van der Waals surface area contributed by atoms with Gasteiger partial charge in [-0.1, -0.05) is 11.6 Å². The van der Waals surface area contributed by atoms with Gasteiger partial charge in [0.2, 0.25) is 16.0 Å². The first-order valence-corrected chi connectivity index (χ1v) is 10.1. The summed E-state index contributed by atoms with van der Waals surface area (Å²) < 4.78 is 32.6. The van der Waals surface area contributed by atoms with Crippen LogP contribution in [0.15, 0.2) is 23.1 Å². The van der Waals surface area contributed by atoms with Crippen LogP contribution in [-0.4, -0.2) is 73.1 Å². The quantitative estimate of drug-likeness (QED) is 0.788. The van der Waals surface area contributed by atoms with E-state index in [0.29, 0.717) is 43.3 Å². The molecule has 1 aromatic carbocycles. The molecule has 0 unspecified atom stereocenters. The molecule has 27 heavy (non-hydrogen) atoms. The number of piperazine rings is 1. The number of likely N-dealkylation sites (N-methyl/N-ethyl adjacent to an activating group) is 1. The van der Waals surface area contributed by atoms with E-state index in [9.17, 15) is 8.42 Å². The topological polar surface area (TPSA) is 101 Å². The SMILES string of the molecule is COc1cc(S(=O)(=O)N2CCN(C)CC2)ccc1Nc1nnc(C)c(Cl)n1. The number of aryl methyl sites for hydroxylation is 1. The molecule has 0 amide bonds. The lowest BCUT2D eigenvalue weighted by molar-refractivity contribution is 0.222. The molecule has 146 valence electrons. The number of sulfonamides is 1. The molecule has 11 heteroatoms. The Morgan fingerprint density at radius 1 is 1.19 bits per heavy atom. The fraction of sp³-hybridized carbons (Fsp3) is 0.438. The van der Waals surface area contributed by atoms with E-state index >= 15 is 0 Å². The molecule has 0 radical (unpaired) electrons. The number of methoxy groups -OCH3 is 1. The molecule has 0 atom stereocenters. The van der Waals surface area contributed by atoms with Crippen molar-refractivity contribution in [3.8, 4) is 5.75 Å². The maximum atomic E-state index is 12.9. The lowest BCUT2D eigenvalue weighted by Gasteiger charge is -2.31. The number of anilines is 2. The van der Waals surface area contributed by atoms with Gasteiger partial charge in [0, 0.05) is 32.2 Å². The first-order chi connectivity index (χ1) is 12.8. The fourth-order valence-corrected chi connectivity index (χ4v) is 4.20. The number of aromatic nitrogens is 3. The normalized spacial score (nSPS) is 16.3. The van der Waals surface area contributed by atoms with Gasteiger partial charge in [-0.15, -0.1) is 10.2 Å². The van der Waals surface area contributed by atoms with Crippen LogP contribution < -0.4 is 10.1 Å². The molecular weight excluding hydrogens is 392 g/mol. The summed E-state index contributed by atoms with van der Waals surface area (Å²) in [4.78, 5) is 6.36. The molecule has 1 N–H and O–H groups in total. The van der Waals surface area contributed by atoms with E-state index in [-0.39, 0.29) is 16.0 Å². The van der Waals surface area contributed by atoms with E-state index in [1.807, 2.05) is 7.05 Å². The summed E-state index contributed by atoms with van der Waals surface area (Å²) in [5.74, 6) is 0.545. The first kappa shape index (κ1) is 19.7. The molecule has 1 aliphatic heterocycles. The van der Waals surface area contributed by atoms with E-state index < -0.39 is 10.0 Å². The molecule has 2 aromatic rings. The van der Waals surface area contributed by atoms with Gasteiger partial charge in [-0.2, -0.15) is 9.29 Å². The smallest absolute Gasteiger partial charge is 0.248 e. The van der Waals surface area contributed by atoms with Crippen molar-refractivity contribution in [3.05, 3.63) is 29.0 Å². The Hall–Kier alpha value is -2.01. The molecule has 1 saturated heterocycles. The second-order valence-corrected chi connectivity index (χ2v) is 8.50. The minimum absolute atomic E-state index is 0.176. The summed E-state index contributed by atoms with van der Waals surface area (Å²) in [5, 5.41) is 11.0. The molecule has 2 heterocycles. The maximum absolute atomic E-state index is 12.9. The zero-order chi connectivity index (χ0) is 19.6. The molecule has 3 rings (SSSR count). The van der Waals surface area contributed by atoms with Crippen molar-refractivity contribution < 1.29 is 13.2 Å². The zero-order valence-electron chi connectivity index (χ0n) is 15.3. The van der Waals surface area contributed by atoms with Crippen molar-refractivity contribution >= 4 is 33.3 Å². The van der Waals surface area contributed by atoms with Crippen molar-refractivity contribution in [2.24, 2.45) is 0 Å². The van der Waals surface area contributed by atoms with Gasteiger partial charge in [-0.05, 0) is 26.1 Å². The van der Waals surface area contributed by atoms with Crippen molar-refractivity contribution in [3.63, 3.8) is 0 Å². The summed E-state index contributed by atoms with van der Waals surface area (Å²) in [6.45, 7) is 4.03. The summed E-state index contributed by atoms with van der Waals surface area (Å²) in [5.41, 5.74) is 1.03. The second kappa shape index (κ2) is 7.93. The average Bonchev–Trinajstić information content (AvgIpc) is 2.65. The number of rotatable bonds is 5. The van der Waals surface area contributed by atoms with Crippen LogP contribution in [0.4, 0.5) is 11.6 Å². The van der Waals surface area contributed by atoms with Gasteiger partial charge in [-0.25, -0.2) is 8.42 Å². The predicted molar refractivity (Wildman–Crippen MR) is 102 cm³/mol. The zero-order valence-corrected chi connectivity index (χ0v) is 16.9. The molecule has 1 aliphatic rings. The highest BCUT2D eigenvalue weighted by molar-refractivity contribution is 7.89. The largest absolute Gasteiger partial charge is 0.495 e. The monoisotopic (exact) mass is 412 g/mol. The lowest BCUT2D eigenvalue weighted by Crippen LogP contribution is -2.47. The Morgan fingerprint density at radius 3 is 2.52 bits per heavy atom. The van der Waals surface area contributed by atoms with Crippen LogP contribution in [0, 0.1) is 6.92 Å². The van der Waals surface area contributed by atoms with Gasteiger partial charge in [-0.3, -0.25) is 0 Å². The highest BCUT2D eigenvalue weighted by atomic mass is 35.5. The van der Waals surface area contributed by atoms with Crippen LogP contribution in [0.2, 0.25) is 5.15 Å². The molecule has 9 nitrogen and oxygen atoms in total. The van der Waals surface area contributed by atoms with Gasteiger partial charge in [0.15, 0.2) is 5.15 Å². The third-order valence-corrected chi connectivity index (χ3v) is 6.57. The predicted octanol–water partition coefficient (Wildman–Crippen LogP) is 1.52. The minimum atomic E-state index is -3.59. The first-order valence-electron chi connectivity index (χ1n) is 8.32. The van der Waals surface area contributed by atoms with Gasteiger partial charge < -0.3 is 15.0 Å². The fourth-order valence-electron chi connectivity index (χ4n) is 2.65. The molecule has 1 aromatic heterocycles. The van der Waals surface area contributed by atoms with Crippen LogP contribution in [0.1, 0.15) is 5.69 Å². The third-order valence-electron chi connectivity index (χ3n) is 4.32. The van der Waals surface area contributed by atoms with Crippen LogP contribution >= 0.6 is 11.6 Å². The van der Waals surface area contributed by atoms with Crippen LogP contribution in [0.5, 0.6) is 5.75 Å². The average molecular weight is 413 g/mol. The number of ether oxygens (including phenoxy) is 1. The number of hydrogen-bond acceptors (Lipinski definition) is 8. The Balaban J connectivity index is 1.86. The van der Waals surface area contributed by atoms with Crippen LogP contribution in [0.25, 0.3) is 0 Å². The molecule has 0 bridgehead atoms. The van der Waals surface area contributed by atoms with Gasteiger partial charge in [0.1, 0.15) is 5.75 Å².